The number of benzene rings is 1. The normalized spacial score (nSPS) is 24.2. The molecule has 110 valence electrons. The molecule has 1 saturated carbocycles. The maximum atomic E-state index is 13.2. The lowest BCUT2D eigenvalue weighted by Gasteiger charge is -2.07. The quantitative estimate of drug-likeness (QED) is 0.580. The van der Waals surface area contributed by atoms with Crippen LogP contribution in [0.25, 0.3) is 0 Å². The van der Waals surface area contributed by atoms with E-state index < -0.39 is 4.58 Å². The van der Waals surface area contributed by atoms with Gasteiger partial charge in [0.25, 0.3) is 5.91 Å². The molecule has 0 aliphatic heterocycles. The van der Waals surface area contributed by atoms with Crippen LogP contribution in [-0.4, -0.2) is 23.6 Å². The van der Waals surface area contributed by atoms with E-state index >= 15 is 0 Å². The van der Waals surface area contributed by atoms with Crippen LogP contribution in [0.5, 0.6) is 5.75 Å². The van der Waals surface area contributed by atoms with Gasteiger partial charge in [-0.05, 0) is 47.3 Å². The average Bonchev–Trinajstić information content (AvgIpc) is 3.05. The Balaban J connectivity index is 1.48. The van der Waals surface area contributed by atoms with Crippen molar-refractivity contribution < 1.29 is 13.9 Å². The van der Waals surface area contributed by atoms with E-state index in [0.717, 1.165) is 19.3 Å². The largest absolute Gasteiger partial charge is 0.484 e. The Morgan fingerprint density at radius 1 is 1.40 bits per heavy atom. The third kappa shape index (κ3) is 5.12. The molecular weight excluding hydrogens is 325 g/mol. The highest BCUT2D eigenvalue weighted by Crippen LogP contribution is 2.54. The lowest BCUT2D eigenvalue weighted by molar-refractivity contribution is -0.123. The monoisotopic (exact) mass is 343 g/mol. The first-order valence-electron chi connectivity index (χ1n) is 6.90. The Hall–Kier alpha value is -1.10. The smallest absolute Gasteiger partial charge is 0.257 e. The molecule has 1 aromatic carbocycles. The zero-order chi connectivity index (χ0) is 14.4. The Bertz CT molecular complexity index is 439. The van der Waals surface area contributed by atoms with Crippen LogP contribution in [0, 0.1) is 5.92 Å². The number of hydrogen-bond acceptors (Lipinski definition) is 2. The molecule has 2 atom stereocenters. The first-order valence-corrected chi connectivity index (χ1v) is 7.69. The lowest BCUT2D eigenvalue weighted by Crippen LogP contribution is -2.29. The molecule has 1 N–H and O–H groups in total. The standard InChI is InChI=1S/C15H19BrFNO2/c16-15(17)10-12(15)6-4-5-9-18-14(19)11-20-13-7-2-1-3-8-13/h1-3,7-8,12H,4-6,9-11H2,(H,18,19). The van der Waals surface area contributed by atoms with E-state index in [0.29, 0.717) is 18.7 Å². The molecule has 2 rings (SSSR count). The molecule has 0 aromatic heterocycles. The summed E-state index contributed by atoms with van der Waals surface area (Å²) >= 11 is 3.03. The summed E-state index contributed by atoms with van der Waals surface area (Å²) in [6, 6.07) is 9.24. The SMILES string of the molecule is O=C(COc1ccccc1)NCCCCC1CC1(F)Br. The summed E-state index contributed by atoms with van der Waals surface area (Å²) in [6.07, 6.45) is 3.29. The molecule has 20 heavy (non-hydrogen) atoms. The van der Waals surface area contributed by atoms with Gasteiger partial charge in [0, 0.05) is 12.5 Å². The van der Waals surface area contributed by atoms with Gasteiger partial charge >= 0.3 is 0 Å². The van der Waals surface area contributed by atoms with Crippen molar-refractivity contribution in [3.8, 4) is 5.75 Å². The number of ether oxygens (including phenoxy) is 1. The topological polar surface area (TPSA) is 38.3 Å². The summed E-state index contributed by atoms with van der Waals surface area (Å²) in [5.74, 6) is 0.716. The van der Waals surface area contributed by atoms with Gasteiger partial charge in [-0.1, -0.05) is 24.6 Å². The number of carbonyl (C=O) groups is 1. The fraction of sp³-hybridized carbons (Fsp3) is 0.533. The lowest BCUT2D eigenvalue weighted by atomic mass is 10.2. The number of rotatable bonds is 8. The molecule has 1 amide bonds. The number of hydrogen-bond donors (Lipinski definition) is 1. The number of nitrogens with one attached hydrogen (secondary N) is 1. The van der Waals surface area contributed by atoms with Gasteiger partial charge in [-0.25, -0.2) is 4.39 Å². The fourth-order valence-electron chi connectivity index (χ4n) is 2.04. The molecule has 1 aliphatic rings. The van der Waals surface area contributed by atoms with Crippen LogP contribution in [0.1, 0.15) is 25.7 Å². The van der Waals surface area contributed by atoms with Crippen molar-refractivity contribution in [2.75, 3.05) is 13.2 Å². The number of alkyl halides is 2. The highest BCUT2D eigenvalue weighted by Gasteiger charge is 2.52. The van der Waals surface area contributed by atoms with Crippen LogP contribution >= 0.6 is 15.9 Å². The molecule has 5 heteroatoms. The average molecular weight is 344 g/mol. The van der Waals surface area contributed by atoms with Crippen molar-refractivity contribution >= 4 is 21.8 Å². The van der Waals surface area contributed by atoms with E-state index in [9.17, 15) is 9.18 Å². The number of para-hydroxylation sites is 1. The van der Waals surface area contributed by atoms with Crippen molar-refractivity contribution in [2.24, 2.45) is 5.92 Å². The van der Waals surface area contributed by atoms with Gasteiger partial charge < -0.3 is 10.1 Å². The van der Waals surface area contributed by atoms with Crippen molar-refractivity contribution in [3.63, 3.8) is 0 Å². The second-order valence-electron chi connectivity index (χ2n) is 5.11. The molecular formula is C15H19BrFNO2. The minimum Gasteiger partial charge on any atom is -0.484 e. The minimum absolute atomic E-state index is 0.0294. The molecule has 0 radical (unpaired) electrons. The van der Waals surface area contributed by atoms with Crippen molar-refractivity contribution in [2.45, 2.75) is 30.3 Å². The Kier molecular flexibility index (Phi) is 5.40. The third-order valence-electron chi connectivity index (χ3n) is 3.37. The molecule has 3 nitrogen and oxygen atoms in total. The van der Waals surface area contributed by atoms with E-state index in [4.69, 9.17) is 4.74 Å². The number of carbonyl (C=O) groups excluding carboxylic acids is 1. The molecule has 2 unspecified atom stereocenters. The van der Waals surface area contributed by atoms with Gasteiger partial charge in [0.15, 0.2) is 11.2 Å². The Labute approximate surface area is 127 Å². The number of unbranched alkanes of at least 4 members (excludes halogenated alkanes) is 1. The van der Waals surface area contributed by atoms with Gasteiger partial charge in [-0.15, -0.1) is 0 Å². The summed E-state index contributed by atoms with van der Waals surface area (Å²) in [5.41, 5.74) is 0. The summed E-state index contributed by atoms with van der Waals surface area (Å²) in [6.45, 7) is 0.646. The highest BCUT2D eigenvalue weighted by molar-refractivity contribution is 9.10. The van der Waals surface area contributed by atoms with E-state index in [1.54, 1.807) is 0 Å². The maximum absolute atomic E-state index is 13.2. The second-order valence-corrected chi connectivity index (χ2v) is 6.43. The van der Waals surface area contributed by atoms with E-state index in [2.05, 4.69) is 21.2 Å². The second kappa shape index (κ2) is 7.07. The highest BCUT2D eigenvalue weighted by atomic mass is 79.9. The molecule has 0 bridgehead atoms. The predicted molar refractivity (Wildman–Crippen MR) is 79.7 cm³/mol. The Morgan fingerprint density at radius 2 is 2.10 bits per heavy atom. The van der Waals surface area contributed by atoms with E-state index in [-0.39, 0.29) is 18.4 Å². The van der Waals surface area contributed by atoms with Crippen LogP contribution in [0.3, 0.4) is 0 Å². The first-order chi connectivity index (χ1) is 9.58. The van der Waals surface area contributed by atoms with Gasteiger partial charge in [0.05, 0.1) is 0 Å². The van der Waals surface area contributed by atoms with Gasteiger partial charge in [0.1, 0.15) is 5.75 Å². The first kappa shape index (κ1) is 15.3. The molecule has 1 aromatic rings. The van der Waals surface area contributed by atoms with Crippen LogP contribution in [-0.2, 0) is 4.79 Å². The molecule has 0 spiro atoms. The van der Waals surface area contributed by atoms with Crippen molar-refractivity contribution in [1.82, 2.24) is 5.32 Å². The van der Waals surface area contributed by atoms with E-state index in [1.165, 1.54) is 0 Å². The van der Waals surface area contributed by atoms with Crippen molar-refractivity contribution in [3.05, 3.63) is 30.3 Å². The molecule has 1 fully saturated rings. The minimum atomic E-state index is -1.11. The zero-order valence-electron chi connectivity index (χ0n) is 11.3. The van der Waals surface area contributed by atoms with Gasteiger partial charge in [-0.2, -0.15) is 0 Å². The van der Waals surface area contributed by atoms with Crippen LogP contribution in [0.15, 0.2) is 30.3 Å². The van der Waals surface area contributed by atoms with Crippen LogP contribution < -0.4 is 10.1 Å². The summed E-state index contributed by atoms with van der Waals surface area (Å²) in [5, 5.41) is 2.80. The Morgan fingerprint density at radius 3 is 2.75 bits per heavy atom. The zero-order valence-corrected chi connectivity index (χ0v) is 12.9. The molecule has 0 heterocycles. The van der Waals surface area contributed by atoms with Crippen molar-refractivity contribution in [1.29, 1.82) is 0 Å². The molecule has 0 saturated heterocycles. The summed E-state index contributed by atoms with van der Waals surface area (Å²) in [4.78, 5) is 11.5. The molecule has 1 aliphatic carbocycles. The van der Waals surface area contributed by atoms with E-state index in [1.807, 2.05) is 30.3 Å². The number of amides is 1. The number of halogens is 2. The van der Waals surface area contributed by atoms with Crippen LogP contribution in [0.2, 0.25) is 0 Å². The fourth-order valence-corrected chi connectivity index (χ4v) is 2.66. The maximum Gasteiger partial charge on any atom is 0.257 e. The predicted octanol–water partition coefficient (Wildman–Crippen LogP) is 3.43. The van der Waals surface area contributed by atoms with Gasteiger partial charge in [-0.3, -0.25) is 4.79 Å². The summed E-state index contributed by atoms with van der Waals surface area (Å²) in [7, 11) is 0. The van der Waals surface area contributed by atoms with Gasteiger partial charge in [0.2, 0.25) is 0 Å². The van der Waals surface area contributed by atoms with Crippen LogP contribution in [0.4, 0.5) is 4.39 Å². The third-order valence-corrected chi connectivity index (χ3v) is 4.34. The summed E-state index contributed by atoms with van der Waals surface area (Å²) < 4.78 is 17.4.